The Morgan fingerprint density at radius 3 is 2.64 bits per heavy atom. The molecule has 1 saturated carbocycles. The molecule has 4 aromatic rings. The lowest BCUT2D eigenvalue weighted by Gasteiger charge is -2.47. The SMILES string of the molecule is C[C@@H](COc1c[nH]c2ccccc12)C[C@H]1Cc2ccccc2C12CCC(Nc1cccc(Cl)c1)(C(=O)O)CC2. The van der Waals surface area contributed by atoms with E-state index in [1.54, 1.807) is 12.1 Å². The van der Waals surface area contributed by atoms with Gasteiger partial charge < -0.3 is 20.1 Å². The van der Waals surface area contributed by atoms with Gasteiger partial charge in [0.15, 0.2) is 0 Å². The molecule has 3 aromatic carbocycles. The Balaban J connectivity index is 1.20. The molecule has 1 heterocycles. The second kappa shape index (κ2) is 10.3. The van der Waals surface area contributed by atoms with Crippen molar-refractivity contribution < 1.29 is 14.6 Å². The molecule has 0 amide bonds. The Kier molecular flexibility index (Phi) is 6.80. The van der Waals surface area contributed by atoms with Crippen LogP contribution < -0.4 is 10.1 Å². The van der Waals surface area contributed by atoms with Crippen molar-refractivity contribution in [1.82, 2.24) is 4.98 Å². The summed E-state index contributed by atoms with van der Waals surface area (Å²) in [5.41, 5.74) is 3.66. The lowest BCUT2D eigenvalue weighted by molar-refractivity contribution is -0.144. The molecule has 6 rings (SSSR count). The van der Waals surface area contributed by atoms with Crippen molar-refractivity contribution in [1.29, 1.82) is 0 Å². The predicted molar refractivity (Wildman–Crippen MR) is 157 cm³/mol. The van der Waals surface area contributed by atoms with Crippen LogP contribution in [0.15, 0.2) is 79.0 Å². The first kappa shape index (κ1) is 25.8. The van der Waals surface area contributed by atoms with Crippen LogP contribution in [0.1, 0.15) is 50.2 Å². The van der Waals surface area contributed by atoms with Gasteiger partial charge in [-0.15, -0.1) is 0 Å². The molecule has 1 spiro atoms. The summed E-state index contributed by atoms with van der Waals surface area (Å²) in [7, 11) is 0. The Labute approximate surface area is 234 Å². The molecular formula is C33H35ClN2O3. The molecular weight excluding hydrogens is 508 g/mol. The van der Waals surface area contributed by atoms with E-state index in [1.807, 2.05) is 30.5 Å². The number of para-hydroxylation sites is 1. The van der Waals surface area contributed by atoms with Gasteiger partial charge in [0.2, 0.25) is 0 Å². The molecule has 5 nitrogen and oxygen atoms in total. The third-order valence-corrected chi connectivity index (χ3v) is 9.41. The number of hydrogen-bond acceptors (Lipinski definition) is 3. The smallest absolute Gasteiger partial charge is 0.329 e. The second-order valence-electron chi connectivity index (χ2n) is 11.6. The molecule has 0 bridgehead atoms. The van der Waals surface area contributed by atoms with Crippen molar-refractivity contribution in [3.8, 4) is 5.75 Å². The maximum atomic E-state index is 12.7. The molecule has 0 aliphatic heterocycles. The van der Waals surface area contributed by atoms with Crippen molar-refractivity contribution in [2.45, 2.75) is 56.4 Å². The maximum absolute atomic E-state index is 12.7. The number of fused-ring (bicyclic) bond motifs is 3. The number of aromatic amines is 1. The topological polar surface area (TPSA) is 74.3 Å². The Morgan fingerprint density at radius 2 is 1.85 bits per heavy atom. The fourth-order valence-electron chi connectivity index (χ4n) is 7.16. The number of halogens is 1. The number of aromatic nitrogens is 1. The number of benzene rings is 3. The van der Waals surface area contributed by atoms with Crippen molar-refractivity contribution in [3.05, 3.63) is 95.1 Å². The number of nitrogens with one attached hydrogen (secondary N) is 2. The minimum atomic E-state index is -0.998. The van der Waals surface area contributed by atoms with Crippen LogP contribution in [0.4, 0.5) is 5.69 Å². The van der Waals surface area contributed by atoms with E-state index < -0.39 is 11.5 Å². The number of aliphatic carboxylic acids is 1. The molecule has 202 valence electrons. The van der Waals surface area contributed by atoms with Gasteiger partial charge in [-0.05, 0) is 97.2 Å². The summed E-state index contributed by atoms with van der Waals surface area (Å²) in [6.45, 7) is 2.93. The van der Waals surface area contributed by atoms with E-state index >= 15 is 0 Å². The number of anilines is 1. The molecule has 1 fully saturated rings. The summed E-state index contributed by atoms with van der Waals surface area (Å²) >= 11 is 6.20. The summed E-state index contributed by atoms with van der Waals surface area (Å²) in [4.78, 5) is 15.9. The standard InChI is InChI=1S/C33H35ClN2O3/c1-22(21-39-30-20-35-29-12-5-3-10-27(29)30)17-24-18-23-7-2-4-11-28(23)32(24)13-15-33(16-14-32,31(37)38)36-26-9-6-8-25(34)19-26/h2-12,19-20,22,24,35-36H,13-18,21H2,1H3,(H,37,38)/t22-,24+,32?,33?/m1/s1. The molecule has 6 heteroatoms. The molecule has 2 aliphatic carbocycles. The second-order valence-corrected chi connectivity index (χ2v) is 12.0. The van der Waals surface area contributed by atoms with E-state index in [1.165, 1.54) is 11.1 Å². The molecule has 0 unspecified atom stereocenters. The average molecular weight is 543 g/mol. The van der Waals surface area contributed by atoms with Gasteiger partial charge in [0.05, 0.1) is 6.61 Å². The largest absolute Gasteiger partial charge is 0.491 e. The molecule has 0 radical (unpaired) electrons. The van der Waals surface area contributed by atoms with E-state index in [-0.39, 0.29) is 5.41 Å². The number of H-pyrrole nitrogens is 1. The Morgan fingerprint density at radius 1 is 1.08 bits per heavy atom. The van der Waals surface area contributed by atoms with Crippen LogP contribution in [0.3, 0.4) is 0 Å². The highest BCUT2D eigenvalue weighted by atomic mass is 35.5. The van der Waals surface area contributed by atoms with Crippen molar-refractivity contribution in [3.63, 3.8) is 0 Å². The minimum Gasteiger partial charge on any atom is -0.491 e. The van der Waals surface area contributed by atoms with E-state index in [2.05, 4.69) is 53.6 Å². The minimum absolute atomic E-state index is 0.0133. The predicted octanol–water partition coefficient (Wildman–Crippen LogP) is 7.85. The van der Waals surface area contributed by atoms with E-state index in [0.717, 1.165) is 48.0 Å². The van der Waals surface area contributed by atoms with Gasteiger partial charge in [-0.1, -0.05) is 61.0 Å². The van der Waals surface area contributed by atoms with Crippen LogP contribution in [-0.2, 0) is 16.6 Å². The maximum Gasteiger partial charge on any atom is 0.329 e. The third kappa shape index (κ3) is 4.78. The van der Waals surface area contributed by atoms with E-state index in [0.29, 0.717) is 36.3 Å². The highest BCUT2D eigenvalue weighted by molar-refractivity contribution is 6.30. The normalized spacial score (nSPS) is 24.9. The fourth-order valence-corrected chi connectivity index (χ4v) is 7.35. The first-order chi connectivity index (χ1) is 18.9. The van der Waals surface area contributed by atoms with Gasteiger partial charge in [-0.2, -0.15) is 0 Å². The first-order valence-corrected chi connectivity index (χ1v) is 14.3. The van der Waals surface area contributed by atoms with Crippen molar-refractivity contribution in [2.75, 3.05) is 11.9 Å². The molecule has 1 aromatic heterocycles. The average Bonchev–Trinajstić information content (AvgIpc) is 3.48. The Hall–Kier alpha value is -3.44. The van der Waals surface area contributed by atoms with Crippen LogP contribution in [0.2, 0.25) is 5.02 Å². The monoisotopic (exact) mass is 542 g/mol. The van der Waals surface area contributed by atoms with Crippen LogP contribution in [0, 0.1) is 11.8 Å². The number of ether oxygens (including phenoxy) is 1. The molecule has 39 heavy (non-hydrogen) atoms. The van der Waals surface area contributed by atoms with Crippen molar-refractivity contribution in [2.24, 2.45) is 11.8 Å². The van der Waals surface area contributed by atoms with Crippen molar-refractivity contribution >= 4 is 34.2 Å². The van der Waals surface area contributed by atoms with Gasteiger partial charge in [0.1, 0.15) is 11.3 Å². The van der Waals surface area contributed by atoms with Gasteiger partial charge in [-0.3, -0.25) is 0 Å². The number of hydrogen-bond donors (Lipinski definition) is 3. The zero-order valence-electron chi connectivity index (χ0n) is 22.3. The van der Waals surface area contributed by atoms with Gasteiger partial charge in [0, 0.05) is 27.8 Å². The first-order valence-electron chi connectivity index (χ1n) is 13.9. The van der Waals surface area contributed by atoms with E-state index in [9.17, 15) is 9.90 Å². The zero-order chi connectivity index (χ0) is 27.0. The number of carboxylic acids is 1. The summed E-state index contributed by atoms with van der Waals surface area (Å²) in [5, 5.41) is 15.5. The van der Waals surface area contributed by atoms with Crippen LogP contribution in [0.5, 0.6) is 5.75 Å². The van der Waals surface area contributed by atoms with Crippen LogP contribution >= 0.6 is 11.6 Å². The molecule has 2 atom stereocenters. The molecule has 0 saturated heterocycles. The quantitative estimate of drug-likeness (QED) is 0.212. The fraction of sp³-hybridized carbons (Fsp3) is 0.364. The lowest BCUT2D eigenvalue weighted by Crippen LogP contribution is -2.53. The summed E-state index contributed by atoms with van der Waals surface area (Å²) in [6.07, 6.45) is 6.84. The number of carbonyl (C=O) groups is 1. The molecule has 3 N–H and O–H groups in total. The molecule has 2 aliphatic rings. The van der Waals surface area contributed by atoms with Gasteiger partial charge in [-0.25, -0.2) is 4.79 Å². The van der Waals surface area contributed by atoms with Crippen LogP contribution in [-0.4, -0.2) is 28.2 Å². The number of carboxylic acid groups (broad SMARTS) is 1. The number of rotatable bonds is 8. The summed E-state index contributed by atoms with van der Waals surface area (Å²) in [5.74, 6) is 0.929. The highest BCUT2D eigenvalue weighted by Crippen LogP contribution is 2.56. The van der Waals surface area contributed by atoms with E-state index in [4.69, 9.17) is 16.3 Å². The Bertz CT molecular complexity index is 1490. The third-order valence-electron chi connectivity index (χ3n) is 9.18. The zero-order valence-corrected chi connectivity index (χ0v) is 23.0. The van der Waals surface area contributed by atoms with Crippen LogP contribution in [0.25, 0.3) is 10.9 Å². The lowest BCUT2D eigenvalue weighted by atomic mass is 9.59. The van der Waals surface area contributed by atoms with Gasteiger partial charge in [0.25, 0.3) is 0 Å². The summed E-state index contributed by atoms with van der Waals surface area (Å²) < 4.78 is 6.30. The highest BCUT2D eigenvalue weighted by Gasteiger charge is 2.54. The van der Waals surface area contributed by atoms with Gasteiger partial charge >= 0.3 is 5.97 Å². The summed E-state index contributed by atoms with van der Waals surface area (Å²) in [6, 6.07) is 24.4.